The Balaban J connectivity index is 0. The molecule has 0 aromatic heterocycles. The lowest BCUT2D eigenvalue weighted by Crippen LogP contribution is -2.55. The average molecular weight is 583 g/mol. The van der Waals surface area contributed by atoms with Gasteiger partial charge in [-0.25, -0.2) is 0 Å². The van der Waals surface area contributed by atoms with E-state index in [1.807, 2.05) is 18.2 Å². The summed E-state index contributed by atoms with van der Waals surface area (Å²) in [7, 11) is 0. The molecular formula is C27H46N6O8. The lowest BCUT2D eigenvalue weighted by molar-refractivity contribution is -0.131. The van der Waals surface area contributed by atoms with Gasteiger partial charge < -0.3 is 42.4 Å². The second-order valence-electron chi connectivity index (χ2n) is 9.64. The van der Waals surface area contributed by atoms with E-state index in [4.69, 9.17) is 11.5 Å². The predicted molar refractivity (Wildman–Crippen MR) is 153 cm³/mol. The number of unbranched alkanes of at least 4 members (excludes halogenated alkanes) is 1. The maximum Gasteiger partial charge on any atom is 0.245 e. The van der Waals surface area contributed by atoms with Gasteiger partial charge in [-0.3, -0.25) is 29.3 Å². The molecule has 1 aromatic carbocycles. The average Bonchev–Trinajstić information content (AvgIpc) is 2.95. The van der Waals surface area contributed by atoms with Crippen molar-refractivity contribution in [2.75, 3.05) is 19.8 Å². The molecule has 0 radical (unpaired) electrons. The van der Waals surface area contributed by atoms with Gasteiger partial charge in [0.25, 0.3) is 0 Å². The fraction of sp³-hybridized carbons (Fsp3) is 0.556. The van der Waals surface area contributed by atoms with E-state index in [0.29, 0.717) is 25.7 Å². The minimum Gasteiger partial charge on any atom is -0.394 e. The Morgan fingerprint density at radius 3 is 2.15 bits per heavy atom. The molecule has 0 saturated carbocycles. The van der Waals surface area contributed by atoms with Gasteiger partial charge in [0.2, 0.25) is 23.6 Å². The molecule has 4 amide bonds. The molecule has 0 fully saturated rings. The number of aliphatic hydroxyl groups excluding tert-OH is 2. The van der Waals surface area contributed by atoms with Gasteiger partial charge in [0.1, 0.15) is 24.2 Å². The van der Waals surface area contributed by atoms with Gasteiger partial charge >= 0.3 is 0 Å². The number of nitrogens with two attached hydrogens (primary N) is 2. The Kier molecular flexibility index (Phi) is 16.7. The van der Waals surface area contributed by atoms with Crippen molar-refractivity contribution in [2.45, 2.75) is 75.7 Å². The second kappa shape index (κ2) is 19.4. The van der Waals surface area contributed by atoms with Crippen LogP contribution in [0.3, 0.4) is 0 Å². The number of primary amides is 1. The van der Waals surface area contributed by atoms with Crippen molar-refractivity contribution >= 4 is 35.7 Å². The van der Waals surface area contributed by atoms with Crippen molar-refractivity contribution < 1.29 is 41.8 Å². The molecule has 1 aromatic rings. The molecule has 0 bridgehead atoms. The minimum absolute atomic E-state index is 0. The minimum atomic E-state index is -1.28. The Morgan fingerprint density at radius 1 is 0.927 bits per heavy atom. The highest BCUT2D eigenvalue weighted by molar-refractivity contribution is 5.91. The third-order valence-electron chi connectivity index (χ3n) is 6.29. The highest BCUT2D eigenvalue weighted by Gasteiger charge is 2.25. The van der Waals surface area contributed by atoms with Crippen LogP contribution in [0.2, 0.25) is 0 Å². The standard InChI is InChI=1S/C27H42N6O8.2H2/c1-17(37)21(32-22(15-35)25(29)39)10-11-24(38)30-12-6-5-9-20(28)26(40)33-23(16-36)27(41)31-19(14-34)13-18-7-3-2-4-8-18;;/h2-4,7-8,14,19-23,32,35-36H,5-6,9-13,15-16,28H2,1H3,(H2,29,39)(H,30,38)(H,31,41)(H,33,40);2*1H/t19-,20?,21?,22-,23-;;/m0../s1. The zero-order chi connectivity index (χ0) is 30.8. The van der Waals surface area contributed by atoms with E-state index in [2.05, 4.69) is 21.3 Å². The summed E-state index contributed by atoms with van der Waals surface area (Å²) in [5.41, 5.74) is 11.9. The molecule has 0 aliphatic rings. The fourth-order valence-corrected chi connectivity index (χ4v) is 3.84. The number of carbonyl (C=O) groups is 6. The third-order valence-corrected chi connectivity index (χ3v) is 6.29. The van der Waals surface area contributed by atoms with E-state index < -0.39 is 61.1 Å². The number of hydrogen-bond acceptors (Lipinski definition) is 10. The highest BCUT2D eigenvalue weighted by atomic mass is 16.3. The molecule has 0 heterocycles. The van der Waals surface area contributed by atoms with Gasteiger partial charge in [-0.05, 0) is 44.6 Å². The van der Waals surface area contributed by atoms with Gasteiger partial charge in [-0.1, -0.05) is 30.3 Å². The van der Waals surface area contributed by atoms with Crippen LogP contribution in [0, 0.1) is 0 Å². The van der Waals surface area contributed by atoms with Crippen molar-refractivity contribution in [3.05, 3.63) is 35.9 Å². The summed E-state index contributed by atoms with van der Waals surface area (Å²) in [5, 5.41) is 29.0. The monoisotopic (exact) mass is 582 g/mol. The van der Waals surface area contributed by atoms with Gasteiger partial charge in [-0.15, -0.1) is 0 Å². The molecule has 0 saturated heterocycles. The summed E-state index contributed by atoms with van der Waals surface area (Å²) in [4.78, 5) is 71.5. The molecule has 0 spiro atoms. The molecule has 14 heteroatoms. The van der Waals surface area contributed by atoms with Crippen LogP contribution >= 0.6 is 0 Å². The molecular weight excluding hydrogens is 536 g/mol. The smallest absolute Gasteiger partial charge is 0.245 e. The van der Waals surface area contributed by atoms with Crippen LogP contribution in [0.25, 0.3) is 0 Å². The summed E-state index contributed by atoms with van der Waals surface area (Å²) in [6, 6.07) is 4.05. The quantitative estimate of drug-likeness (QED) is 0.0567. The lowest BCUT2D eigenvalue weighted by atomic mass is 10.1. The van der Waals surface area contributed by atoms with Crippen LogP contribution in [-0.2, 0) is 35.2 Å². The topological polar surface area (TPSA) is 243 Å². The first-order chi connectivity index (χ1) is 19.5. The van der Waals surface area contributed by atoms with Crippen LogP contribution in [0.1, 0.15) is 47.4 Å². The molecule has 1 rings (SSSR count). The number of nitrogens with one attached hydrogen (secondary N) is 4. The van der Waals surface area contributed by atoms with Crippen LogP contribution in [0.4, 0.5) is 0 Å². The first-order valence-corrected chi connectivity index (χ1v) is 13.4. The maximum atomic E-state index is 12.5. The zero-order valence-electron chi connectivity index (χ0n) is 23.2. The summed E-state index contributed by atoms with van der Waals surface area (Å²) >= 11 is 0. The third kappa shape index (κ3) is 14.0. The summed E-state index contributed by atoms with van der Waals surface area (Å²) in [5.74, 6) is -2.80. The van der Waals surface area contributed by atoms with Crippen molar-refractivity contribution in [3.63, 3.8) is 0 Å². The summed E-state index contributed by atoms with van der Waals surface area (Å²) < 4.78 is 0. The Morgan fingerprint density at radius 2 is 1.59 bits per heavy atom. The molecule has 10 N–H and O–H groups in total. The van der Waals surface area contributed by atoms with E-state index in [1.54, 1.807) is 12.1 Å². The van der Waals surface area contributed by atoms with E-state index in [-0.39, 0.29) is 40.2 Å². The number of carbonyl (C=O) groups excluding carboxylic acids is 6. The molecule has 0 aliphatic heterocycles. The molecule has 232 valence electrons. The number of benzene rings is 1. The molecule has 41 heavy (non-hydrogen) atoms. The fourth-order valence-electron chi connectivity index (χ4n) is 3.84. The van der Waals surface area contributed by atoms with Gasteiger partial charge in [-0.2, -0.15) is 0 Å². The molecule has 14 nitrogen and oxygen atoms in total. The van der Waals surface area contributed by atoms with Crippen molar-refractivity contribution in [3.8, 4) is 0 Å². The Hall–Kier alpha value is -3.72. The predicted octanol–water partition coefficient (Wildman–Crippen LogP) is -2.33. The van der Waals surface area contributed by atoms with Gasteiger partial charge in [0.15, 0.2) is 0 Å². The summed E-state index contributed by atoms with van der Waals surface area (Å²) in [6.07, 6.45) is 2.17. The number of amides is 4. The number of aliphatic hydroxyl groups is 2. The van der Waals surface area contributed by atoms with E-state index >= 15 is 0 Å². The molecule has 2 unspecified atom stereocenters. The Labute approximate surface area is 242 Å². The van der Waals surface area contributed by atoms with Crippen LogP contribution in [0.15, 0.2) is 30.3 Å². The second-order valence-corrected chi connectivity index (χ2v) is 9.64. The van der Waals surface area contributed by atoms with Gasteiger partial charge in [0, 0.05) is 15.8 Å². The summed E-state index contributed by atoms with van der Waals surface area (Å²) in [6.45, 7) is 0.334. The first kappa shape index (κ1) is 35.3. The van der Waals surface area contributed by atoms with E-state index in [9.17, 15) is 39.0 Å². The van der Waals surface area contributed by atoms with Crippen molar-refractivity contribution in [1.29, 1.82) is 0 Å². The first-order valence-electron chi connectivity index (χ1n) is 13.4. The largest absolute Gasteiger partial charge is 0.394 e. The number of hydrogen-bond donors (Lipinski definition) is 8. The SMILES string of the molecule is CC(=O)C(CCC(=O)NCCCCC(N)C(=O)N[C@@H](CO)C(=O)N[C@H](C=O)Cc1ccccc1)N[C@@H](CO)C(N)=O.[HH].[HH]. The zero-order valence-corrected chi connectivity index (χ0v) is 23.2. The molecule has 0 aliphatic carbocycles. The van der Waals surface area contributed by atoms with Crippen molar-refractivity contribution in [1.82, 2.24) is 21.3 Å². The normalized spacial score (nSPS) is 14.5. The number of ketones is 1. The van der Waals surface area contributed by atoms with Crippen LogP contribution in [0.5, 0.6) is 0 Å². The van der Waals surface area contributed by atoms with Crippen LogP contribution in [-0.4, -0.2) is 95.9 Å². The highest BCUT2D eigenvalue weighted by Crippen LogP contribution is 2.04. The van der Waals surface area contributed by atoms with Crippen LogP contribution < -0.4 is 32.7 Å². The van der Waals surface area contributed by atoms with E-state index in [1.165, 1.54) is 6.92 Å². The number of aldehydes is 1. The van der Waals surface area contributed by atoms with E-state index in [0.717, 1.165) is 5.56 Å². The Bertz CT molecular complexity index is 1020. The van der Waals surface area contributed by atoms with Gasteiger partial charge in [0.05, 0.1) is 31.3 Å². The lowest BCUT2D eigenvalue weighted by Gasteiger charge is -2.21. The maximum absolute atomic E-state index is 12.5. The molecule has 5 atom stereocenters. The number of rotatable bonds is 21. The number of Topliss-reactive ketones (excluding diaryl/α,β-unsaturated/α-hetero) is 1. The van der Waals surface area contributed by atoms with Crippen molar-refractivity contribution in [2.24, 2.45) is 11.5 Å².